The van der Waals surface area contributed by atoms with Gasteiger partial charge in [0.15, 0.2) is 5.12 Å². The van der Waals surface area contributed by atoms with Crippen LogP contribution in [-0.4, -0.2) is 51.0 Å². The van der Waals surface area contributed by atoms with Gasteiger partial charge in [-0.05, 0) is 58.0 Å². The number of hydrogen-bond acceptors (Lipinski definition) is 6. The summed E-state index contributed by atoms with van der Waals surface area (Å²) in [4.78, 5) is 11.8. The molecule has 0 aliphatic carbocycles. The molecule has 30 heavy (non-hydrogen) atoms. The van der Waals surface area contributed by atoms with E-state index in [-0.39, 0.29) is 0 Å². The van der Waals surface area contributed by atoms with Gasteiger partial charge in [-0.1, -0.05) is 57.2 Å². The van der Waals surface area contributed by atoms with Gasteiger partial charge in [-0.25, -0.2) is 0 Å². The van der Waals surface area contributed by atoms with Gasteiger partial charge in [0.1, 0.15) is 0 Å². The molecule has 7 heteroatoms. The lowest BCUT2D eigenvalue weighted by atomic mass is 10.1. The molecule has 0 bridgehead atoms. The highest BCUT2D eigenvalue weighted by atomic mass is 32.2. The Labute approximate surface area is 196 Å². The van der Waals surface area contributed by atoms with Gasteiger partial charge in [0.25, 0.3) is 0 Å². The fourth-order valence-electron chi connectivity index (χ4n) is 3.28. The number of rotatable bonds is 23. The second-order valence-electron chi connectivity index (χ2n) is 7.50. The Bertz CT molecular complexity index is 369. The lowest BCUT2D eigenvalue weighted by Gasteiger charge is -2.28. The molecule has 0 saturated carbocycles. The van der Waals surface area contributed by atoms with Crippen molar-refractivity contribution in [3.63, 3.8) is 0 Å². The van der Waals surface area contributed by atoms with Crippen LogP contribution in [0.2, 0.25) is 6.04 Å². The van der Waals surface area contributed by atoms with E-state index in [9.17, 15) is 4.79 Å². The Morgan fingerprint density at radius 2 is 1.20 bits per heavy atom. The fourth-order valence-corrected chi connectivity index (χ4v) is 7.98. The minimum absolute atomic E-state index is 0.396. The highest BCUT2D eigenvalue weighted by molar-refractivity contribution is 8.13. The van der Waals surface area contributed by atoms with Crippen LogP contribution >= 0.6 is 23.5 Å². The number of hydrogen-bond donors (Lipinski definition) is 0. The van der Waals surface area contributed by atoms with E-state index in [4.69, 9.17) is 13.3 Å². The number of carbonyl (C=O) groups excluding carboxylic acids is 1. The SMILES string of the molecule is CCCCCCCC(=O)SCCCCCCSCCC[Si](OCC)(OCC)OCC. The molecule has 0 heterocycles. The topological polar surface area (TPSA) is 44.8 Å². The molecule has 0 aromatic carbocycles. The molecule has 0 fully saturated rings. The number of thioether (sulfide) groups is 2. The van der Waals surface area contributed by atoms with E-state index >= 15 is 0 Å². The van der Waals surface area contributed by atoms with E-state index in [1.807, 2.05) is 32.5 Å². The summed E-state index contributed by atoms with van der Waals surface area (Å²) in [5, 5.41) is 0.396. The molecule has 0 N–H and O–H groups in total. The number of carbonyl (C=O) groups is 1. The lowest BCUT2D eigenvalue weighted by Crippen LogP contribution is -2.46. The van der Waals surface area contributed by atoms with Crippen molar-refractivity contribution in [2.45, 2.75) is 104 Å². The Hall–Kier alpha value is 0.467. The standard InChI is InChI=1S/C23H48O4S2Si/c1-5-9-10-11-14-18-23(24)29-21-16-13-12-15-19-28-20-17-22-30(25-6-2,26-7-3)27-8-4/h5-22H2,1-4H3. The Morgan fingerprint density at radius 3 is 1.80 bits per heavy atom. The highest BCUT2D eigenvalue weighted by Gasteiger charge is 2.39. The zero-order chi connectivity index (χ0) is 22.3. The third-order valence-corrected chi connectivity index (χ3v) is 10.1. The van der Waals surface area contributed by atoms with Gasteiger partial charge in [-0.2, -0.15) is 11.8 Å². The van der Waals surface area contributed by atoms with Crippen molar-refractivity contribution in [2.75, 3.05) is 37.1 Å². The monoisotopic (exact) mass is 480 g/mol. The van der Waals surface area contributed by atoms with Crippen LogP contribution in [0.1, 0.15) is 98.3 Å². The lowest BCUT2D eigenvalue weighted by molar-refractivity contribution is -0.111. The molecule has 4 nitrogen and oxygen atoms in total. The first-order valence-corrected chi connectivity index (χ1v) is 16.4. The minimum atomic E-state index is -2.45. The van der Waals surface area contributed by atoms with E-state index in [2.05, 4.69) is 6.92 Å². The molecular formula is C23H48O4S2Si. The van der Waals surface area contributed by atoms with E-state index in [1.54, 1.807) is 11.8 Å². The average molecular weight is 481 g/mol. The van der Waals surface area contributed by atoms with Crippen molar-refractivity contribution in [1.82, 2.24) is 0 Å². The van der Waals surface area contributed by atoms with Crippen molar-refractivity contribution >= 4 is 37.4 Å². The molecule has 0 amide bonds. The molecule has 0 saturated heterocycles. The van der Waals surface area contributed by atoms with Crippen molar-refractivity contribution < 1.29 is 18.1 Å². The first-order valence-electron chi connectivity index (χ1n) is 12.3. The van der Waals surface area contributed by atoms with Gasteiger partial charge in [0.05, 0.1) is 0 Å². The second kappa shape index (κ2) is 22.7. The predicted octanol–water partition coefficient (Wildman–Crippen LogP) is 7.34. The normalized spacial score (nSPS) is 11.9. The fraction of sp³-hybridized carbons (Fsp3) is 0.957. The maximum absolute atomic E-state index is 11.8. The number of unbranched alkanes of at least 4 members (excludes halogenated alkanes) is 7. The predicted molar refractivity (Wildman–Crippen MR) is 137 cm³/mol. The summed E-state index contributed by atoms with van der Waals surface area (Å²) in [6, 6.07) is 0.916. The van der Waals surface area contributed by atoms with Gasteiger partial charge < -0.3 is 13.3 Å². The Balaban J connectivity index is 3.55. The van der Waals surface area contributed by atoms with Crippen molar-refractivity contribution in [3.05, 3.63) is 0 Å². The quantitative estimate of drug-likeness (QED) is 0.113. The van der Waals surface area contributed by atoms with Crippen LogP contribution in [0.3, 0.4) is 0 Å². The smallest absolute Gasteiger partial charge is 0.374 e. The van der Waals surface area contributed by atoms with Crippen LogP contribution in [0.25, 0.3) is 0 Å². The highest BCUT2D eigenvalue weighted by Crippen LogP contribution is 2.21. The molecule has 0 atom stereocenters. The van der Waals surface area contributed by atoms with E-state index < -0.39 is 8.80 Å². The zero-order valence-electron chi connectivity index (χ0n) is 20.2. The maximum atomic E-state index is 11.8. The molecular weight excluding hydrogens is 432 g/mol. The van der Waals surface area contributed by atoms with Crippen LogP contribution in [0.4, 0.5) is 0 Å². The summed E-state index contributed by atoms with van der Waals surface area (Å²) in [6.45, 7) is 10.2. The average Bonchev–Trinajstić information content (AvgIpc) is 2.72. The van der Waals surface area contributed by atoms with Crippen LogP contribution in [0, 0.1) is 0 Å². The van der Waals surface area contributed by atoms with E-state index in [1.165, 1.54) is 57.1 Å². The van der Waals surface area contributed by atoms with Crippen LogP contribution < -0.4 is 0 Å². The van der Waals surface area contributed by atoms with Gasteiger partial charge in [-0.15, -0.1) is 0 Å². The Morgan fingerprint density at radius 1 is 0.667 bits per heavy atom. The molecule has 0 radical (unpaired) electrons. The molecule has 0 aliphatic rings. The molecule has 0 aromatic heterocycles. The third-order valence-electron chi connectivity index (χ3n) is 4.79. The first kappa shape index (κ1) is 30.5. The van der Waals surface area contributed by atoms with Crippen molar-refractivity contribution in [1.29, 1.82) is 0 Å². The summed E-state index contributed by atoms with van der Waals surface area (Å²) < 4.78 is 17.7. The first-order chi connectivity index (χ1) is 14.6. The van der Waals surface area contributed by atoms with Crippen LogP contribution in [0.15, 0.2) is 0 Å². The second-order valence-corrected chi connectivity index (χ2v) is 12.6. The summed E-state index contributed by atoms with van der Waals surface area (Å²) in [6.07, 6.45) is 12.9. The van der Waals surface area contributed by atoms with Gasteiger partial charge in [0.2, 0.25) is 0 Å². The summed E-state index contributed by atoms with van der Waals surface area (Å²) in [7, 11) is -2.45. The minimum Gasteiger partial charge on any atom is -0.374 e. The van der Waals surface area contributed by atoms with Crippen LogP contribution in [0.5, 0.6) is 0 Å². The maximum Gasteiger partial charge on any atom is 0.500 e. The summed E-state index contributed by atoms with van der Waals surface area (Å²) >= 11 is 3.58. The van der Waals surface area contributed by atoms with Gasteiger partial charge in [-0.3, -0.25) is 4.79 Å². The molecule has 180 valence electrons. The third kappa shape index (κ3) is 18.1. The molecule has 0 unspecified atom stereocenters. The molecule has 0 spiro atoms. The Kier molecular flexibility index (Phi) is 23.0. The summed E-state index contributed by atoms with van der Waals surface area (Å²) in [5.74, 6) is 3.36. The molecule has 0 rings (SSSR count). The van der Waals surface area contributed by atoms with Crippen LogP contribution in [-0.2, 0) is 18.1 Å². The summed E-state index contributed by atoms with van der Waals surface area (Å²) in [5.41, 5.74) is 0. The molecule has 0 aliphatic heterocycles. The van der Waals surface area contributed by atoms with Crippen molar-refractivity contribution in [2.24, 2.45) is 0 Å². The van der Waals surface area contributed by atoms with Gasteiger partial charge in [0, 0.05) is 38.0 Å². The largest absolute Gasteiger partial charge is 0.500 e. The van der Waals surface area contributed by atoms with Crippen molar-refractivity contribution in [3.8, 4) is 0 Å². The zero-order valence-corrected chi connectivity index (χ0v) is 22.8. The molecule has 0 aromatic rings. The van der Waals surface area contributed by atoms with E-state index in [0.717, 1.165) is 36.8 Å². The van der Waals surface area contributed by atoms with E-state index in [0.29, 0.717) is 24.9 Å². The van der Waals surface area contributed by atoms with Gasteiger partial charge >= 0.3 is 8.80 Å².